The first-order valence-electron chi connectivity index (χ1n) is 5.56. The topological polar surface area (TPSA) is 62.2 Å². The van der Waals surface area contributed by atoms with Crippen LogP contribution < -0.4 is 5.32 Å². The van der Waals surface area contributed by atoms with Crippen LogP contribution >= 0.6 is 0 Å². The van der Waals surface area contributed by atoms with Gasteiger partial charge in [-0.05, 0) is 37.3 Å². The van der Waals surface area contributed by atoms with Gasteiger partial charge in [-0.3, -0.25) is 4.79 Å². The molecule has 1 saturated carbocycles. The Morgan fingerprint density at radius 3 is 2.88 bits per heavy atom. The fourth-order valence-corrected chi connectivity index (χ4v) is 1.77. The summed E-state index contributed by atoms with van der Waals surface area (Å²) in [5.41, 5.74) is 1.10. The third kappa shape index (κ3) is 2.95. The van der Waals surface area contributed by atoms with Gasteiger partial charge in [0.25, 0.3) is 0 Å². The zero-order chi connectivity index (χ0) is 11.5. The van der Waals surface area contributed by atoms with Crippen LogP contribution in [-0.2, 0) is 4.79 Å². The second kappa shape index (κ2) is 4.51. The van der Waals surface area contributed by atoms with Gasteiger partial charge < -0.3 is 10.4 Å². The smallest absolute Gasteiger partial charge is 0.305 e. The van der Waals surface area contributed by atoms with Crippen LogP contribution in [0.1, 0.15) is 24.8 Å². The molecule has 1 unspecified atom stereocenters. The number of carbonyl (C=O) groups is 1. The Hall–Kier alpha value is -1.58. The van der Waals surface area contributed by atoms with Gasteiger partial charge in [-0.25, -0.2) is 4.98 Å². The normalized spacial score (nSPS) is 16.8. The van der Waals surface area contributed by atoms with Crippen molar-refractivity contribution in [3.63, 3.8) is 0 Å². The summed E-state index contributed by atoms with van der Waals surface area (Å²) in [5, 5.41) is 12.0. The van der Waals surface area contributed by atoms with E-state index in [9.17, 15) is 4.79 Å². The third-order valence-electron chi connectivity index (χ3n) is 2.83. The van der Waals surface area contributed by atoms with Crippen LogP contribution in [0.2, 0.25) is 0 Å². The highest BCUT2D eigenvalue weighted by Crippen LogP contribution is 2.35. The van der Waals surface area contributed by atoms with E-state index in [2.05, 4.69) is 10.3 Å². The molecule has 0 amide bonds. The van der Waals surface area contributed by atoms with Crippen molar-refractivity contribution in [1.82, 2.24) is 4.98 Å². The second-order valence-corrected chi connectivity index (χ2v) is 4.41. The minimum absolute atomic E-state index is 0.0210. The number of rotatable bonds is 5. The Morgan fingerprint density at radius 2 is 2.38 bits per heavy atom. The molecule has 2 rings (SSSR count). The van der Waals surface area contributed by atoms with Gasteiger partial charge in [-0.2, -0.15) is 0 Å². The van der Waals surface area contributed by atoms with Crippen molar-refractivity contribution in [3.8, 4) is 0 Å². The Bertz CT molecular complexity index is 371. The molecule has 0 radical (unpaired) electrons. The standard InChI is InChI=1S/C12H16N2O2/c1-8-2-5-11(13-7-8)14-10(6-12(15)16)9-3-4-9/h2,5,7,9-10H,3-4,6H2,1H3,(H,13,14)(H,15,16). The summed E-state index contributed by atoms with van der Waals surface area (Å²) in [7, 11) is 0. The first kappa shape index (κ1) is 10.9. The molecule has 1 aromatic rings. The number of aryl methyl sites for hydroxylation is 1. The first-order chi connectivity index (χ1) is 7.65. The van der Waals surface area contributed by atoms with E-state index < -0.39 is 5.97 Å². The van der Waals surface area contributed by atoms with Gasteiger partial charge in [0, 0.05) is 12.2 Å². The van der Waals surface area contributed by atoms with Crippen molar-refractivity contribution in [2.45, 2.75) is 32.2 Å². The molecular formula is C12H16N2O2. The summed E-state index contributed by atoms with van der Waals surface area (Å²) in [4.78, 5) is 15.0. The Morgan fingerprint density at radius 1 is 1.62 bits per heavy atom. The molecule has 1 aromatic heterocycles. The molecule has 4 heteroatoms. The number of nitrogens with one attached hydrogen (secondary N) is 1. The van der Waals surface area contributed by atoms with Gasteiger partial charge in [0.15, 0.2) is 0 Å². The van der Waals surface area contributed by atoms with Gasteiger partial charge >= 0.3 is 5.97 Å². The van der Waals surface area contributed by atoms with Crippen LogP contribution in [0.3, 0.4) is 0 Å². The lowest BCUT2D eigenvalue weighted by atomic mass is 10.1. The number of anilines is 1. The lowest BCUT2D eigenvalue weighted by molar-refractivity contribution is -0.137. The highest BCUT2D eigenvalue weighted by Gasteiger charge is 2.32. The monoisotopic (exact) mass is 220 g/mol. The number of pyridine rings is 1. The molecule has 86 valence electrons. The number of aromatic nitrogens is 1. The van der Waals surface area contributed by atoms with Crippen molar-refractivity contribution >= 4 is 11.8 Å². The average molecular weight is 220 g/mol. The largest absolute Gasteiger partial charge is 0.481 e. The molecule has 4 nitrogen and oxygen atoms in total. The number of carboxylic acids is 1. The van der Waals surface area contributed by atoms with Crippen LogP contribution in [0.15, 0.2) is 18.3 Å². The molecule has 1 heterocycles. The van der Waals surface area contributed by atoms with E-state index in [0.717, 1.165) is 24.2 Å². The number of aliphatic carboxylic acids is 1. The Kier molecular flexibility index (Phi) is 3.08. The molecular weight excluding hydrogens is 204 g/mol. The highest BCUT2D eigenvalue weighted by molar-refractivity contribution is 5.68. The molecule has 1 aliphatic carbocycles. The molecule has 0 spiro atoms. The molecule has 0 bridgehead atoms. The minimum Gasteiger partial charge on any atom is -0.481 e. The first-order valence-corrected chi connectivity index (χ1v) is 5.56. The molecule has 2 N–H and O–H groups in total. The van der Waals surface area contributed by atoms with E-state index in [1.54, 1.807) is 6.20 Å². The van der Waals surface area contributed by atoms with E-state index in [0.29, 0.717) is 5.92 Å². The molecule has 16 heavy (non-hydrogen) atoms. The SMILES string of the molecule is Cc1ccc(NC(CC(=O)O)C2CC2)nc1. The lowest BCUT2D eigenvalue weighted by Crippen LogP contribution is -2.25. The fourth-order valence-electron chi connectivity index (χ4n) is 1.77. The van der Waals surface area contributed by atoms with Gasteiger partial charge in [0.2, 0.25) is 0 Å². The molecule has 1 atom stereocenters. The molecule has 1 aliphatic rings. The third-order valence-corrected chi connectivity index (χ3v) is 2.83. The predicted molar refractivity (Wildman–Crippen MR) is 61.4 cm³/mol. The summed E-state index contributed by atoms with van der Waals surface area (Å²) >= 11 is 0. The number of carboxylic acid groups (broad SMARTS) is 1. The molecule has 0 saturated heterocycles. The van der Waals surface area contributed by atoms with Gasteiger partial charge in [-0.15, -0.1) is 0 Å². The van der Waals surface area contributed by atoms with Crippen molar-refractivity contribution in [1.29, 1.82) is 0 Å². The van der Waals surface area contributed by atoms with E-state index >= 15 is 0 Å². The predicted octanol–water partition coefficient (Wildman–Crippen LogP) is 2.06. The van der Waals surface area contributed by atoms with Gasteiger partial charge in [0.05, 0.1) is 6.42 Å². The van der Waals surface area contributed by atoms with Crippen LogP contribution in [0.25, 0.3) is 0 Å². The molecule has 1 fully saturated rings. The van der Waals surface area contributed by atoms with Crippen molar-refractivity contribution in [3.05, 3.63) is 23.9 Å². The van der Waals surface area contributed by atoms with E-state index in [1.807, 2.05) is 19.1 Å². The highest BCUT2D eigenvalue weighted by atomic mass is 16.4. The van der Waals surface area contributed by atoms with Gasteiger partial charge in [0.1, 0.15) is 5.82 Å². The molecule has 0 aromatic carbocycles. The average Bonchev–Trinajstić information content (AvgIpc) is 3.03. The zero-order valence-corrected chi connectivity index (χ0v) is 9.31. The summed E-state index contributed by atoms with van der Waals surface area (Å²) in [6.45, 7) is 1.98. The van der Waals surface area contributed by atoms with Crippen molar-refractivity contribution in [2.24, 2.45) is 5.92 Å². The minimum atomic E-state index is -0.753. The van der Waals surface area contributed by atoms with Crippen LogP contribution in [0.5, 0.6) is 0 Å². The van der Waals surface area contributed by atoms with Crippen LogP contribution in [0, 0.1) is 12.8 Å². The van der Waals surface area contributed by atoms with E-state index in [4.69, 9.17) is 5.11 Å². The second-order valence-electron chi connectivity index (χ2n) is 4.41. The number of hydrogen-bond acceptors (Lipinski definition) is 3. The van der Waals surface area contributed by atoms with Crippen molar-refractivity contribution in [2.75, 3.05) is 5.32 Å². The maximum atomic E-state index is 10.7. The van der Waals surface area contributed by atoms with E-state index in [1.165, 1.54) is 0 Å². The number of hydrogen-bond donors (Lipinski definition) is 2. The summed E-state index contributed by atoms with van der Waals surface area (Å²) < 4.78 is 0. The maximum absolute atomic E-state index is 10.7. The Labute approximate surface area is 94.7 Å². The summed E-state index contributed by atoms with van der Waals surface area (Å²) in [6, 6.07) is 3.89. The zero-order valence-electron chi connectivity index (χ0n) is 9.31. The summed E-state index contributed by atoms with van der Waals surface area (Å²) in [5.74, 6) is 0.513. The maximum Gasteiger partial charge on any atom is 0.305 e. The number of nitrogens with zero attached hydrogens (tertiary/aromatic N) is 1. The Balaban J connectivity index is 1.99. The quantitative estimate of drug-likeness (QED) is 0.797. The van der Waals surface area contributed by atoms with Crippen LogP contribution in [-0.4, -0.2) is 22.1 Å². The summed E-state index contributed by atoms with van der Waals surface area (Å²) in [6.07, 6.45) is 4.20. The lowest BCUT2D eigenvalue weighted by Gasteiger charge is -2.16. The van der Waals surface area contributed by atoms with Gasteiger partial charge in [-0.1, -0.05) is 6.07 Å². The van der Waals surface area contributed by atoms with E-state index in [-0.39, 0.29) is 12.5 Å². The molecule has 0 aliphatic heterocycles. The fraction of sp³-hybridized carbons (Fsp3) is 0.500. The van der Waals surface area contributed by atoms with Crippen LogP contribution in [0.4, 0.5) is 5.82 Å². The van der Waals surface area contributed by atoms with Crippen molar-refractivity contribution < 1.29 is 9.90 Å².